The molecule has 0 radical (unpaired) electrons. The topological polar surface area (TPSA) is 29.9 Å². The summed E-state index contributed by atoms with van der Waals surface area (Å²) >= 11 is 0. The molecular weight excluding hydrogens is 398 g/mol. The van der Waals surface area contributed by atoms with Gasteiger partial charge in [-0.05, 0) is 89.0 Å². The van der Waals surface area contributed by atoms with E-state index in [9.17, 15) is 0 Å². The fourth-order valence-corrected chi connectivity index (χ4v) is 5.31. The molecule has 32 heavy (non-hydrogen) atoms. The average molecular weight is 436 g/mol. The molecular formula is C27H37N3O2. The Morgan fingerprint density at radius 2 is 1.09 bits per heavy atom. The first-order valence-corrected chi connectivity index (χ1v) is 12.5. The Hall–Kier alpha value is -2.24. The molecule has 0 bridgehead atoms. The van der Waals surface area contributed by atoms with E-state index in [0.717, 1.165) is 50.6 Å². The molecule has 0 atom stereocenters. The summed E-state index contributed by atoms with van der Waals surface area (Å²) in [7, 11) is 2.14. The highest BCUT2D eigenvalue weighted by molar-refractivity contribution is 6.08. The van der Waals surface area contributed by atoms with Crippen molar-refractivity contribution >= 4 is 21.8 Å². The van der Waals surface area contributed by atoms with E-state index in [1.54, 1.807) is 0 Å². The number of aryl methyl sites for hydroxylation is 1. The molecule has 2 fully saturated rings. The molecule has 2 aliphatic heterocycles. The molecule has 2 saturated heterocycles. The Labute approximate surface area is 191 Å². The molecule has 0 spiro atoms. The summed E-state index contributed by atoms with van der Waals surface area (Å²) < 4.78 is 14.4. The quantitative estimate of drug-likeness (QED) is 0.416. The highest BCUT2D eigenvalue weighted by Crippen LogP contribution is 2.33. The minimum absolute atomic E-state index is 0.779. The number of nitrogens with zero attached hydrogens (tertiary/aromatic N) is 3. The largest absolute Gasteiger partial charge is 0.493 e. The number of aromatic nitrogens is 1. The highest BCUT2D eigenvalue weighted by Gasteiger charge is 2.13. The number of hydrogen-bond acceptors (Lipinski definition) is 4. The van der Waals surface area contributed by atoms with Crippen molar-refractivity contribution in [1.29, 1.82) is 0 Å². The number of fused-ring (bicyclic) bond motifs is 3. The van der Waals surface area contributed by atoms with E-state index in [2.05, 4.69) is 57.8 Å². The first-order chi connectivity index (χ1) is 15.8. The van der Waals surface area contributed by atoms with E-state index < -0.39 is 0 Å². The van der Waals surface area contributed by atoms with Crippen LogP contribution in [0.4, 0.5) is 0 Å². The van der Waals surface area contributed by atoms with E-state index in [4.69, 9.17) is 9.47 Å². The second kappa shape index (κ2) is 10.1. The van der Waals surface area contributed by atoms with Crippen LogP contribution in [0.1, 0.15) is 38.5 Å². The summed E-state index contributed by atoms with van der Waals surface area (Å²) in [6, 6.07) is 13.0. The second-order valence-electron chi connectivity index (χ2n) is 9.42. The summed E-state index contributed by atoms with van der Waals surface area (Å²) in [5, 5.41) is 2.54. The number of benzene rings is 2. The molecule has 0 aliphatic carbocycles. The van der Waals surface area contributed by atoms with Gasteiger partial charge in [0.05, 0.1) is 24.2 Å². The molecule has 0 unspecified atom stereocenters. The molecule has 0 saturated carbocycles. The molecule has 5 heteroatoms. The van der Waals surface area contributed by atoms with E-state index in [1.807, 2.05) is 0 Å². The SMILES string of the molecule is Cn1c2cc(OCCCN3CCCC3)ccc2c2ccc(OCCCN3CCCC3)cc21. The number of hydrogen-bond donors (Lipinski definition) is 0. The zero-order valence-corrected chi connectivity index (χ0v) is 19.5. The number of likely N-dealkylation sites (tertiary alicyclic amines) is 2. The van der Waals surface area contributed by atoms with Crippen LogP contribution in [-0.2, 0) is 7.05 Å². The van der Waals surface area contributed by atoms with Crippen molar-refractivity contribution < 1.29 is 9.47 Å². The molecule has 5 nitrogen and oxygen atoms in total. The van der Waals surface area contributed by atoms with Gasteiger partial charge in [0.2, 0.25) is 0 Å². The van der Waals surface area contributed by atoms with E-state index in [1.165, 1.54) is 73.7 Å². The minimum atomic E-state index is 0.779. The van der Waals surface area contributed by atoms with Crippen molar-refractivity contribution in [2.24, 2.45) is 7.05 Å². The minimum Gasteiger partial charge on any atom is -0.493 e. The van der Waals surface area contributed by atoms with Crippen LogP contribution in [0, 0.1) is 0 Å². The van der Waals surface area contributed by atoms with E-state index in [-0.39, 0.29) is 0 Å². The predicted molar refractivity (Wildman–Crippen MR) is 132 cm³/mol. The van der Waals surface area contributed by atoms with Crippen LogP contribution in [0.25, 0.3) is 21.8 Å². The van der Waals surface area contributed by atoms with Gasteiger partial charge in [-0.1, -0.05) is 0 Å². The molecule has 5 rings (SSSR count). The number of rotatable bonds is 10. The molecule has 2 aliphatic rings. The van der Waals surface area contributed by atoms with E-state index in [0.29, 0.717) is 0 Å². The molecule has 1 aromatic heterocycles. The highest BCUT2D eigenvalue weighted by atomic mass is 16.5. The third-order valence-electron chi connectivity index (χ3n) is 7.12. The third-order valence-corrected chi connectivity index (χ3v) is 7.12. The lowest BCUT2D eigenvalue weighted by atomic mass is 10.1. The summed E-state index contributed by atoms with van der Waals surface area (Å²) in [6.07, 6.45) is 7.58. The normalized spacial score (nSPS) is 17.7. The fourth-order valence-electron chi connectivity index (χ4n) is 5.31. The Bertz CT molecular complexity index is 951. The lowest BCUT2D eigenvalue weighted by Crippen LogP contribution is -2.21. The van der Waals surface area contributed by atoms with Crippen LogP contribution in [-0.4, -0.2) is 66.8 Å². The lowest BCUT2D eigenvalue weighted by Gasteiger charge is -2.14. The van der Waals surface area contributed by atoms with Gasteiger partial charge in [-0.25, -0.2) is 0 Å². The van der Waals surface area contributed by atoms with Crippen LogP contribution in [0.3, 0.4) is 0 Å². The smallest absolute Gasteiger partial charge is 0.121 e. The van der Waals surface area contributed by atoms with Crippen molar-refractivity contribution in [3.05, 3.63) is 36.4 Å². The maximum atomic E-state index is 6.09. The van der Waals surface area contributed by atoms with Gasteiger partial charge in [0, 0.05) is 43.0 Å². The van der Waals surface area contributed by atoms with Crippen molar-refractivity contribution in [3.63, 3.8) is 0 Å². The third kappa shape index (κ3) is 4.89. The summed E-state index contributed by atoms with van der Waals surface area (Å²) in [6.45, 7) is 8.88. The van der Waals surface area contributed by atoms with Gasteiger partial charge < -0.3 is 23.8 Å². The molecule has 172 valence electrons. The Kier molecular flexibility index (Phi) is 6.84. The van der Waals surface area contributed by atoms with Gasteiger partial charge >= 0.3 is 0 Å². The average Bonchev–Trinajstić information content (AvgIpc) is 3.57. The van der Waals surface area contributed by atoms with E-state index >= 15 is 0 Å². The van der Waals surface area contributed by atoms with Crippen LogP contribution >= 0.6 is 0 Å². The van der Waals surface area contributed by atoms with Gasteiger partial charge in [-0.3, -0.25) is 0 Å². The van der Waals surface area contributed by atoms with Crippen LogP contribution < -0.4 is 9.47 Å². The molecule has 3 heterocycles. The van der Waals surface area contributed by atoms with Gasteiger partial charge in [0.1, 0.15) is 11.5 Å². The number of ether oxygens (including phenoxy) is 2. The first-order valence-electron chi connectivity index (χ1n) is 12.5. The second-order valence-corrected chi connectivity index (χ2v) is 9.42. The van der Waals surface area contributed by atoms with Crippen LogP contribution in [0.2, 0.25) is 0 Å². The monoisotopic (exact) mass is 435 g/mol. The van der Waals surface area contributed by atoms with Crippen LogP contribution in [0.15, 0.2) is 36.4 Å². The Morgan fingerprint density at radius 1 is 0.656 bits per heavy atom. The fraction of sp³-hybridized carbons (Fsp3) is 0.556. The van der Waals surface area contributed by atoms with Crippen molar-refractivity contribution in [1.82, 2.24) is 14.4 Å². The summed E-state index contributed by atoms with van der Waals surface area (Å²) in [5.41, 5.74) is 2.42. The molecule has 3 aromatic rings. The van der Waals surface area contributed by atoms with Crippen molar-refractivity contribution in [2.45, 2.75) is 38.5 Å². The Balaban J connectivity index is 1.20. The predicted octanol–water partition coefficient (Wildman–Crippen LogP) is 5.06. The zero-order chi connectivity index (χ0) is 21.8. The van der Waals surface area contributed by atoms with Crippen molar-refractivity contribution in [3.8, 4) is 11.5 Å². The van der Waals surface area contributed by atoms with Gasteiger partial charge in [0.25, 0.3) is 0 Å². The summed E-state index contributed by atoms with van der Waals surface area (Å²) in [5.74, 6) is 1.92. The lowest BCUT2D eigenvalue weighted by molar-refractivity contribution is 0.263. The van der Waals surface area contributed by atoms with Crippen LogP contribution in [0.5, 0.6) is 11.5 Å². The molecule has 0 amide bonds. The van der Waals surface area contributed by atoms with Gasteiger partial charge in [0.15, 0.2) is 0 Å². The maximum Gasteiger partial charge on any atom is 0.121 e. The maximum absolute atomic E-state index is 6.09. The van der Waals surface area contributed by atoms with Gasteiger partial charge in [-0.2, -0.15) is 0 Å². The summed E-state index contributed by atoms with van der Waals surface area (Å²) in [4.78, 5) is 5.09. The van der Waals surface area contributed by atoms with Crippen molar-refractivity contribution in [2.75, 3.05) is 52.5 Å². The standard InChI is InChI=1S/C27H37N3O2/c1-28-26-20-22(31-18-6-16-29-12-2-3-13-29)8-10-24(26)25-11-9-23(21-27(25)28)32-19-7-17-30-14-4-5-15-30/h8-11,20-21H,2-7,12-19H2,1H3. The molecule has 0 N–H and O–H groups in total. The first kappa shape index (κ1) is 21.6. The Morgan fingerprint density at radius 3 is 1.53 bits per heavy atom. The van der Waals surface area contributed by atoms with Gasteiger partial charge in [-0.15, -0.1) is 0 Å². The molecule has 2 aromatic carbocycles. The zero-order valence-electron chi connectivity index (χ0n) is 19.5.